The van der Waals surface area contributed by atoms with Gasteiger partial charge in [0.25, 0.3) is 0 Å². The molecule has 0 spiro atoms. The van der Waals surface area contributed by atoms with Crippen molar-refractivity contribution in [2.75, 3.05) is 0 Å². The fourth-order valence-corrected chi connectivity index (χ4v) is 2.65. The highest BCUT2D eigenvalue weighted by Crippen LogP contribution is 2.19. The fraction of sp³-hybridized carbons (Fsp3) is 0.0952. The Morgan fingerprint density at radius 3 is 2.43 bits per heavy atom. The highest BCUT2D eigenvalue weighted by atomic mass is 16.1. The van der Waals surface area contributed by atoms with Crippen molar-refractivity contribution in [1.29, 1.82) is 0 Å². The zero-order chi connectivity index (χ0) is 16.1. The van der Waals surface area contributed by atoms with Gasteiger partial charge >= 0.3 is 0 Å². The Bertz CT molecular complexity index is 831. The molecule has 0 radical (unpaired) electrons. The molecule has 0 saturated heterocycles. The molecule has 0 saturated carbocycles. The molecule has 2 nitrogen and oxygen atoms in total. The van der Waals surface area contributed by atoms with Crippen LogP contribution in [0.4, 0.5) is 0 Å². The van der Waals surface area contributed by atoms with Crippen molar-refractivity contribution >= 4 is 22.8 Å². The van der Waals surface area contributed by atoms with Gasteiger partial charge < -0.3 is 5.32 Å². The first-order valence-electron chi connectivity index (χ1n) is 7.75. The average molecular weight is 301 g/mol. The van der Waals surface area contributed by atoms with Crippen molar-refractivity contribution < 1.29 is 4.79 Å². The Labute approximate surface area is 136 Å². The van der Waals surface area contributed by atoms with Crippen LogP contribution in [0, 0.1) is 0 Å². The first-order valence-corrected chi connectivity index (χ1v) is 7.75. The third kappa shape index (κ3) is 3.67. The molecule has 1 N–H and O–H groups in total. The van der Waals surface area contributed by atoms with Crippen LogP contribution in [0.2, 0.25) is 0 Å². The van der Waals surface area contributed by atoms with E-state index in [2.05, 4.69) is 23.5 Å². The summed E-state index contributed by atoms with van der Waals surface area (Å²) in [6, 6.07) is 24.2. The van der Waals surface area contributed by atoms with E-state index >= 15 is 0 Å². The second-order valence-electron chi connectivity index (χ2n) is 5.54. The molecule has 0 aromatic heterocycles. The van der Waals surface area contributed by atoms with Crippen LogP contribution in [-0.2, 0) is 4.79 Å². The van der Waals surface area contributed by atoms with E-state index in [0.717, 1.165) is 16.5 Å². The number of rotatable bonds is 4. The fourth-order valence-electron chi connectivity index (χ4n) is 2.65. The quantitative estimate of drug-likeness (QED) is 0.693. The van der Waals surface area contributed by atoms with Crippen molar-refractivity contribution in [3.63, 3.8) is 0 Å². The van der Waals surface area contributed by atoms with Crippen LogP contribution in [0.15, 0.2) is 78.9 Å². The number of hydrogen-bond donors (Lipinski definition) is 1. The summed E-state index contributed by atoms with van der Waals surface area (Å²) >= 11 is 0. The number of fused-ring (bicyclic) bond motifs is 1. The molecule has 1 amide bonds. The van der Waals surface area contributed by atoms with Gasteiger partial charge in [0.2, 0.25) is 5.91 Å². The van der Waals surface area contributed by atoms with Crippen LogP contribution in [0.1, 0.15) is 24.1 Å². The third-order valence-electron chi connectivity index (χ3n) is 3.90. The summed E-state index contributed by atoms with van der Waals surface area (Å²) in [6.07, 6.45) is 3.47. The van der Waals surface area contributed by atoms with Crippen LogP contribution in [0.3, 0.4) is 0 Å². The van der Waals surface area contributed by atoms with Gasteiger partial charge in [0.15, 0.2) is 0 Å². The SMILES string of the molecule is C[C@@H](NC(=O)/C=C\c1cccc2ccccc12)c1ccccc1. The molecule has 3 aromatic rings. The standard InChI is InChI=1S/C21H19NO/c1-16(17-8-3-2-4-9-17)22-21(23)15-14-19-12-7-11-18-10-5-6-13-20(18)19/h2-16H,1H3,(H,22,23)/b15-14-/t16-/m1/s1. The molecule has 0 fully saturated rings. The van der Waals surface area contributed by atoms with Crippen LogP contribution in [0.5, 0.6) is 0 Å². The summed E-state index contributed by atoms with van der Waals surface area (Å²) in [5, 5.41) is 5.31. The van der Waals surface area contributed by atoms with Crippen LogP contribution >= 0.6 is 0 Å². The van der Waals surface area contributed by atoms with E-state index < -0.39 is 0 Å². The zero-order valence-electron chi connectivity index (χ0n) is 13.1. The van der Waals surface area contributed by atoms with Crippen LogP contribution in [-0.4, -0.2) is 5.91 Å². The van der Waals surface area contributed by atoms with Crippen LogP contribution < -0.4 is 5.32 Å². The second-order valence-corrected chi connectivity index (χ2v) is 5.54. The lowest BCUT2D eigenvalue weighted by Gasteiger charge is -2.12. The first-order chi connectivity index (χ1) is 11.2. The molecule has 0 aliphatic rings. The summed E-state index contributed by atoms with van der Waals surface area (Å²) in [7, 11) is 0. The van der Waals surface area contributed by atoms with E-state index in [0.29, 0.717) is 0 Å². The number of benzene rings is 3. The van der Waals surface area contributed by atoms with Crippen LogP contribution in [0.25, 0.3) is 16.8 Å². The summed E-state index contributed by atoms with van der Waals surface area (Å²) in [5.74, 6) is -0.0886. The predicted octanol–water partition coefficient (Wildman–Crippen LogP) is 4.73. The lowest BCUT2D eigenvalue weighted by Crippen LogP contribution is -2.24. The number of carbonyl (C=O) groups excluding carboxylic acids is 1. The van der Waals surface area contributed by atoms with Crippen molar-refractivity contribution in [3.8, 4) is 0 Å². The molecule has 0 heterocycles. The molecule has 114 valence electrons. The third-order valence-corrected chi connectivity index (χ3v) is 3.90. The Kier molecular flexibility index (Phi) is 4.53. The molecule has 3 rings (SSSR count). The molecule has 23 heavy (non-hydrogen) atoms. The number of amides is 1. The Morgan fingerprint density at radius 1 is 0.913 bits per heavy atom. The van der Waals surface area contributed by atoms with E-state index in [4.69, 9.17) is 0 Å². The second kappa shape index (κ2) is 6.93. The lowest BCUT2D eigenvalue weighted by atomic mass is 10.0. The summed E-state index contributed by atoms with van der Waals surface area (Å²) in [4.78, 5) is 12.1. The van der Waals surface area contributed by atoms with Gasteiger partial charge in [-0.05, 0) is 34.9 Å². The normalized spacial score (nSPS) is 12.4. The van der Waals surface area contributed by atoms with E-state index in [9.17, 15) is 4.79 Å². The number of hydrogen-bond acceptors (Lipinski definition) is 1. The van der Waals surface area contributed by atoms with Crippen molar-refractivity contribution in [3.05, 3.63) is 90.0 Å². The minimum absolute atomic E-state index is 0.0131. The van der Waals surface area contributed by atoms with Gasteiger partial charge in [0.05, 0.1) is 6.04 Å². The van der Waals surface area contributed by atoms with Crippen molar-refractivity contribution in [1.82, 2.24) is 5.32 Å². The maximum absolute atomic E-state index is 12.1. The van der Waals surface area contributed by atoms with Gasteiger partial charge in [-0.25, -0.2) is 0 Å². The minimum atomic E-state index is -0.0886. The van der Waals surface area contributed by atoms with E-state index in [-0.39, 0.29) is 11.9 Å². The van der Waals surface area contributed by atoms with E-state index in [1.165, 1.54) is 5.39 Å². The van der Waals surface area contributed by atoms with Crippen molar-refractivity contribution in [2.24, 2.45) is 0 Å². The zero-order valence-corrected chi connectivity index (χ0v) is 13.1. The molecule has 0 aliphatic heterocycles. The maximum Gasteiger partial charge on any atom is 0.244 e. The largest absolute Gasteiger partial charge is 0.346 e. The summed E-state index contributed by atoms with van der Waals surface area (Å²) < 4.78 is 0. The first kappa shape index (κ1) is 15.0. The van der Waals surface area contributed by atoms with Crippen molar-refractivity contribution in [2.45, 2.75) is 13.0 Å². The molecule has 0 aliphatic carbocycles. The molecule has 0 unspecified atom stereocenters. The van der Waals surface area contributed by atoms with Gasteiger partial charge in [0.1, 0.15) is 0 Å². The monoisotopic (exact) mass is 301 g/mol. The van der Waals surface area contributed by atoms with Gasteiger partial charge in [-0.2, -0.15) is 0 Å². The number of carbonyl (C=O) groups is 1. The predicted molar refractivity (Wildman–Crippen MR) is 96.0 cm³/mol. The average Bonchev–Trinajstić information content (AvgIpc) is 2.60. The Balaban J connectivity index is 1.73. The molecule has 0 bridgehead atoms. The van der Waals surface area contributed by atoms with Gasteiger partial charge in [-0.1, -0.05) is 72.8 Å². The molecular weight excluding hydrogens is 282 g/mol. The highest BCUT2D eigenvalue weighted by Gasteiger charge is 2.06. The minimum Gasteiger partial charge on any atom is -0.346 e. The number of nitrogens with one attached hydrogen (secondary N) is 1. The molecule has 2 heteroatoms. The van der Waals surface area contributed by atoms with E-state index in [1.807, 2.05) is 67.6 Å². The maximum atomic E-state index is 12.1. The van der Waals surface area contributed by atoms with Gasteiger partial charge in [-0.3, -0.25) is 4.79 Å². The highest BCUT2D eigenvalue weighted by molar-refractivity contribution is 5.96. The Morgan fingerprint density at radius 2 is 1.61 bits per heavy atom. The lowest BCUT2D eigenvalue weighted by molar-refractivity contribution is -0.117. The summed E-state index contributed by atoms with van der Waals surface area (Å²) in [5.41, 5.74) is 2.14. The Hall–Kier alpha value is -2.87. The van der Waals surface area contributed by atoms with Gasteiger partial charge in [-0.15, -0.1) is 0 Å². The molecule has 3 aromatic carbocycles. The van der Waals surface area contributed by atoms with Gasteiger partial charge in [0, 0.05) is 6.08 Å². The smallest absolute Gasteiger partial charge is 0.244 e. The summed E-state index contributed by atoms with van der Waals surface area (Å²) in [6.45, 7) is 1.99. The topological polar surface area (TPSA) is 29.1 Å². The van der Waals surface area contributed by atoms with E-state index in [1.54, 1.807) is 6.08 Å². The molecular formula is C21H19NO. The molecule has 1 atom stereocenters.